The van der Waals surface area contributed by atoms with Gasteiger partial charge in [-0.05, 0) is 19.9 Å². The number of nitrogens with zero attached hydrogens (tertiary/aromatic N) is 3. The standard InChI is InChI=1S/C14H20N4O/c1-4-18-14(16-10-17-18)9-15-11(2)12-7-5-6-8-13(12)19-3/h5-8,10-11,15H,4,9H2,1-3H3/t11-/m1/s1. The fraction of sp³-hybridized carbons (Fsp3) is 0.429. The highest BCUT2D eigenvalue weighted by Gasteiger charge is 2.11. The molecule has 0 spiro atoms. The summed E-state index contributed by atoms with van der Waals surface area (Å²) in [5.41, 5.74) is 1.15. The molecule has 102 valence electrons. The zero-order valence-corrected chi connectivity index (χ0v) is 11.6. The van der Waals surface area contributed by atoms with E-state index in [1.165, 1.54) is 0 Å². The van der Waals surface area contributed by atoms with Gasteiger partial charge in [-0.15, -0.1) is 0 Å². The average molecular weight is 260 g/mol. The van der Waals surface area contributed by atoms with E-state index in [2.05, 4.69) is 35.3 Å². The normalized spacial score (nSPS) is 12.4. The number of aryl methyl sites for hydroxylation is 1. The van der Waals surface area contributed by atoms with Gasteiger partial charge in [0.15, 0.2) is 0 Å². The topological polar surface area (TPSA) is 52.0 Å². The van der Waals surface area contributed by atoms with Crippen molar-refractivity contribution >= 4 is 0 Å². The lowest BCUT2D eigenvalue weighted by Gasteiger charge is -2.17. The van der Waals surface area contributed by atoms with E-state index >= 15 is 0 Å². The third kappa shape index (κ3) is 3.12. The van der Waals surface area contributed by atoms with Crippen LogP contribution in [0.1, 0.15) is 31.3 Å². The second kappa shape index (κ2) is 6.33. The van der Waals surface area contributed by atoms with Crippen LogP contribution in [0.3, 0.4) is 0 Å². The molecule has 2 rings (SSSR count). The van der Waals surface area contributed by atoms with E-state index < -0.39 is 0 Å². The van der Waals surface area contributed by atoms with Crippen molar-refractivity contribution in [3.05, 3.63) is 42.0 Å². The molecule has 0 amide bonds. The molecule has 0 radical (unpaired) electrons. The molecule has 0 aliphatic heterocycles. The Morgan fingerprint density at radius 1 is 1.37 bits per heavy atom. The Bertz CT molecular complexity index is 524. The lowest BCUT2D eigenvalue weighted by molar-refractivity contribution is 0.400. The molecule has 5 heteroatoms. The van der Waals surface area contributed by atoms with Crippen LogP contribution < -0.4 is 10.1 Å². The lowest BCUT2D eigenvalue weighted by atomic mass is 10.1. The molecule has 2 aromatic rings. The van der Waals surface area contributed by atoms with Gasteiger partial charge in [0.25, 0.3) is 0 Å². The molecule has 0 unspecified atom stereocenters. The van der Waals surface area contributed by atoms with Gasteiger partial charge in [0.05, 0.1) is 13.7 Å². The van der Waals surface area contributed by atoms with E-state index in [1.807, 2.05) is 22.9 Å². The number of hydrogen-bond donors (Lipinski definition) is 1. The van der Waals surface area contributed by atoms with Crippen LogP contribution in [0.5, 0.6) is 5.75 Å². The van der Waals surface area contributed by atoms with Gasteiger partial charge in [-0.2, -0.15) is 5.10 Å². The number of aromatic nitrogens is 3. The van der Waals surface area contributed by atoms with Crippen LogP contribution in [0.4, 0.5) is 0 Å². The Morgan fingerprint density at radius 3 is 2.89 bits per heavy atom. The first kappa shape index (κ1) is 13.5. The molecule has 0 fully saturated rings. The Labute approximate surface area is 113 Å². The van der Waals surface area contributed by atoms with Gasteiger partial charge in [-0.25, -0.2) is 9.67 Å². The lowest BCUT2D eigenvalue weighted by Crippen LogP contribution is -2.21. The maximum Gasteiger partial charge on any atom is 0.140 e. The maximum atomic E-state index is 5.38. The Morgan fingerprint density at radius 2 is 2.16 bits per heavy atom. The van der Waals surface area contributed by atoms with E-state index in [0.717, 1.165) is 23.7 Å². The molecule has 0 saturated heterocycles. The minimum absolute atomic E-state index is 0.193. The van der Waals surface area contributed by atoms with E-state index in [0.29, 0.717) is 6.54 Å². The van der Waals surface area contributed by atoms with Gasteiger partial charge in [0.2, 0.25) is 0 Å². The average Bonchev–Trinajstić information content (AvgIpc) is 2.92. The Hall–Kier alpha value is -1.88. The van der Waals surface area contributed by atoms with Crippen molar-refractivity contribution in [1.29, 1.82) is 0 Å². The van der Waals surface area contributed by atoms with Crippen LogP contribution in [0.2, 0.25) is 0 Å². The smallest absolute Gasteiger partial charge is 0.140 e. The minimum atomic E-state index is 0.193. The molecule has 1 N–H and O–H groups in total. The summed E-state index contributed by atoms with van der Waals surface area (Å²) in [7, 11) is 1.69. The SMILES string of the molecule is CCn1ncnc1CN[C@H](C)c1ccccc1OC. The number of benzene rings is 1. The Balaban J connectivity index is 2.03. The highest BCUT2D eigenvalue weighted by Crippen LogP contribution is 2.24. The predicted molar refractivity (Wildman–Crippen MR) is 73.9 cm³/mol. The number of rotatable bonds is 6. The minimum Gasteiger partial charge on any atom is -0.496 e. The van der Waals surface area contributed by atoms with Crippen molar-refractivity contribution in [3.63, 3.8) is 0 Å². The highest BCUT2D eigenvalue weighted by molar-refractivity contribution is 5.35. The van der Waals surface area contributed by atoms with Gasteiger partial charge in [-0.3, -0.25) is 0 Å². The summed E-state index contributed by atoms with van der Waals surface area (Å²) < 4.78 is 7.27. The fourth-order valence-corrected chi connectivity index (χ4v) is 2.07. The second-order valence-corrected chi connectivity index (χ2v) is 4.34. The molecule has 5 nitrogen and oxygen atoms in total. The Kier molecular flexibility index (Phi) is 4.52. The monoisotopic (exact) mass is 260 g/mol. The third-order valence-corrected chi connectivity index (χ3v) is 3.17. The predicted octanol–water partition coefficient (Wildman–Crippen LogP) is 2.16. The van der Waals surface area contributed by atoms with E-state index in [-0.39, 0.29) is 6.04 Å². The van der Waals surface area contributed by atoms with Crippen LogP contribution >= 0.6 is 0 Å². The summed E-state index contributed by atoms with van der Waals surface area (Å²) in [6, 6.07) is 8.23. The molecule has 0 bridgehead atoms. The molecule has 19 heavy (non-hydrogen) atoms. The number of para-hydroxylation sites is 1. The van der Waals surface area contributed by atoms with Gasteiger partial charge in [0, 0.05) is 18.2 Å². The molecule has 1 atom stereocenters. The van der Waals surface area contributed by atoms with Gasteiger partial charge < -0.3 is 10.1 Å². The van der Waals surface area contributed by atoms with Crippen molar-refractivity contribution in [1.82, 2.24) is 20.1 Å². The molecule has 1 heterocycles. The summed E-state index contributed by atoms with van der Waals surface area (Å²) in [4.78, 5) is 4.25. The maximum absolute atomic E-state index is 5.38. The van der Waals surface area contributed by atoms with Crippen LogP contribution in [0.25, 0.3) is 0 Å². The quantitative estimate of drug-likeness (QED) is 0.864. The van der Waals surface area contributed by atoms with E-state index in [9.17, 15) is 0 Å². The van der Waals surface area contributed by atoms with Crippen LogP contribution in [-0.2, 0) is 13.1 Å². The summed E-state index contributed by atoms with van der Waals surface area (Å²) in [6.45, 7) is 5.69. The van der Waals surface area contributed by atoms with Crippen LogP contribution in [-0.4, -0.2) is 21.9 Å². The molecular formula is C14H20N4O. The molecule has 0 aliphatic carbocycles. The molecule has 0 aliphatic rings. The summed E-state index contributed by atoms with van der Waals surface area (Å²) in [5, 5.41) is 7.61. The first-order chi connectivity index (χ1) is 9.26. The molecule has 1 aromatic heterocycles. The van der Waals surface area contributed by atoms with Crippen molar-refractivity contribution < 1.29 is 4.74 Å². The number of hydrogen-bond acceptors (Lipinski definition) is 4. The van der Waals surface area contributed by atoms with E-state index in [1.54, 1.807) is 13.4 Å². The van der Waals surface area contributed by atoms with Gasteiger partial charge >= 0.3 is 0 Å². The fourth-order valence-electron chi connectivity index (χ4n) is 2.07. The largest absolute Gasteiger partial charge is 0.496 e. The third-order valence-electron chi connectivity index (χ3n) is 3.17. The zero-order chi connectivity index (χ0) is 13.7. The van der Waals surface area contributed by atoms with Crippen molar-refractivity contribution in [3.8, 4) is 5.75 Å². The second-order valence-electron chi connectivity index (χ2n) is 4.34. The summed E-state index contributed by atoms with van der Waals surface area (Å²) in [6.07, 6.45) is 1.59. The summed E-state index contributed by atoms with van der Waals surface area (Å²) >= 11 is 0. The highest BCUT2D eigenvalue weighted by atomic mass is 16.5. The number of nitrogens with one attached hydrogen (secondary N) is 1. The van der Waals surface area contributed by atoms with Crippen LogP contribution in [0.15, 0.2) is 30.6 Å². The van der Waals surface area contributed by atoms with Crippen molar-refractivity contribution in [2.75, 3.05) is 7.11 Å². The van der Waals surface area contributed by atoms with Gasteiger partial charge in [-0.1, -0.05) is 18.2 Å². The molecule has 0 saturated carbocycles. The first-order valence-electron chi connectivity index (χ1n) is 6.49. The number of ether oxygens (including phenoxy) is 1. The molecule has 1 aromatic carbocycles. The van der Waals surface area contributed by atoms with E-state index in [4.69, 9.17) is 4.74 Å². The zero-order valence-electron chi connectivity index (χ0n) is 11.6. The van der Waals surface area contributed by atoms with Gasteiger partial charge in [0.1, 0.15) is 17.9 Å². The first-order valence-corrected chi connectivity index (χ1v) is 6.49. The van der Waals surface area contributed by atoms with Crippen molar-refractivity contribution in [2.24, 2.45) is 0 Å². The summed E-state index contributed by atoms with van der Waals surface area (Å²) in [5.74, 6) is 1.85. The van der Waals surface area contributed by atoms with Crippen LogP contribution in [0, 0.1) is 0 Å². The molecular weight excluding hydrogens is 240 g/mol. The number of methoxy groups -OCH3 is 1. The van der Waals surface area contributed by atoms with Crippen molar-refractivity contribution in [2.45, 2.75) is 33.0 Å².